The van der Waals surface area contributed by atoms with Gasteiger partial charge in [0.15, 0.2) is 5.76 Å². The van der Waals surface area contributed by atoms with E-state index >= 15 is 0 Å². The molecule has 0 radical (unpaired) electrons. The summed E-state index contributed by atoms with van der Waals surface area (Å²) in [5.74, 6) is 0.457. The molecule has 0 aliphatic heterocycles. The van der Waals surface area contributed by atoms with Gasteiger partial charge >= 0.3 is 6.43 Å². The first-order valence-electron chi connectivity index (χ1n) is 7.65. The molecule has 0 saturated carbocycles. The number of methoxy groups -OCH3 is 1. The lowest BCUT2D eigenvalue weighted by atomic mass is 10.0. The summed E-state index contributed by atoms with van der Waals surface area (Å²) < 4.78 is 36.6. The number of oxazole rings is 1. The third-order valence-electron chi connectivity index (χ3n) is 3.82. The molecule has 24 heavy (non-hydrogen) atoms. The first-order valence-corrected chi connectivity index (χ1v) is 7.65. The van der Waals surface area contributed by atoms with Crippen LogP contribution in [0.15, 0.2) is 52.9 Å². The number of benzene rings is 2. The van der Waals surface area contributed by atoms with Crippen LogP contribution in [-0.4, -0.2) is 12.1 Å². The van der Waals surface area contributed by atoms with E-state index < -0.39 is 12.3 Å². The lowest BCUT2D eigenvalue weighted by Gasteiger charge is -2.04. The molecule has 3 nitrogen and oxygen atoms in total. The number of aromatic nitrogens is 1. The summed E-state index contributed by atoms with van der Waals surface area (Å²) in [6.45, 7) is 2.06. The third-order valence-corrected chi connectivity index (χ3v) is 3.82. The highest BCUT2D eigenvalue weighted by molar-refractivity contribution is 5.77. The Bertz CT molecular complexity index is 743. The van der Waals surface area contributed by atoms with Gasteiger partial charge in [0.25, 0.3) is 5.89 Å². The fraction of sp³-hybridized carbons (Fsp3) is 0.211. The van der Waals surface area contributed by atoms with Crippen LogP contribution in [0.4, 0.5) is 8.78 Å². The molecule has 0 aliphatic carbocycles. The van der Waals surface area contributed by atoms with Crippen LogP contribution in [0.3, 0.4) is 0 Å². The molecule has 0 bridgehead atoms. The quantitative estimate of drug-likeness (QED) is 0.618. The highest BCUT2D eigenvalue weighted by Crippen LogP contribution is 2.36. The zero-order chi connectivity index (χ0) is 17.1. The van der Waals surface area contributed by atoms with E-state index in [4.69, 9.17) is 9.15 Å². The van der Waals surface area contributed by atoms with Crippen molar-refractivity contribution in [2.75, 3.05) is 7.11 Å². The lowest BCUT2D eigenvalue weighted by molar-refractivity contribution is 0.116. The molecule has 0 unspecified atom stereocenters. The molecular weight excluding hydrogens is 312 g/mol. The van der Waals surface area contributed by atoms with E-state index in [0.29, 0.717) is 22.8 Å². The van der Waals surface area contributed by atoms with Crippen molar-refractivity contribution in [2.45, 2.75) is 19.8 Å². The summed E-state index contributed by atoms with van der Waals surface area (Å²) in [4.78, 5) is 4.00. The molecule has 0 aliphatic rings. The second-order valence-electron chi connectivity index (χ2n) is 5.31. The van der Waals surface area contributed by atoms with Gasteiger partial charge in [0, 0.05) is 11.1 Å². The van der Waals surface area contributed by atoms with E-state index in [1.807, 2.05) is 24.3 Å². The van der Waals surface area contributed by atoms with Gasteiger partial charge < -0.3 is 9.15 Å². The Morgan fingerprint density at radius 3 is 2.17 bits per heavy atom. The van der Waals surface area contributed by atoms with E-state index in [0.717, 1.165) is 12.0 Å². The molecule has 0 N–H and O–H groups in total. The van der Waals surface area contributed by atoms with Crippen molar-refractivity contribution in [3.63, 3.8) is 0 Å². The Morgan fingerprint density at radius 1 is 1.00 bits per heavy atom. The highest BCUT2D eigenvalue weighted by atomic mass is 19.3. The second kappa shape index (κ2) is 6.83. The molecule has 124 valence electrons. The number of aryl methyl sites for hydroxylation is 1. The number of alkyl halides is 2. The molecule has 0 saturated heterocycles. The van der Waals surface area contributed by atoms with E-state index in [9.17, 15) is 8.78 Å². The number of halogens is 2. The molecule has 3 aromatic rings. The predicted molar refractivity (Wildman–Crippen MR) is 88.3 cm³/mol. The predicted octanol–water partition coefficient (Wildman–Crippen LogP) is 5.52. The Morgan fingerprint density at radius 2 is 1.62 bits per heavy atom. The number of hydrogen-bond acceptors (Lipinski definition) is 3. The molecule has 0 spiro atoms. The minimum absolute atomic E-state index is 0.345. The van der Waals surface area contributed by atoms with Crippen LogP contribution in [-0.2, 0) is 6.42 Å². The van der Waals surface area contributed by atoms with E-state index in [1.54, 1.807) is 31.4 Å². The highest BCUT2D eigenvalue weighted by Gasteiger charge is 2.22. The van der Waals surface area contributed by atoms with Crippen LogP contribution in [0.5, 0.6) is 5.75 Å². The van der Waals surface area contributed by atoms with Gasteiger partial charge in [-0.05, 0) is 36.2 Å². The van der Waals surface area contributed by atoms with Crippen LogP contribution in [0.1, 0.15) is 24.8 Å². The third kappa shape index (κ3) is 3.15. The molecular formula is C19H17F2NO2. The normalized spacial score (nSPS) is 11.0. The Balaban J connectivity index is 2.09. The molecule has 0 atom stereocenters. The minimum Gasteiger partial charge on any atom is -0.497 e. The van der Waals surface area contributed by atoms with Gasteiger partial charge in [0.2, 0.25) is 0 Å². The van der Waals surface area contributed by atoms with Crippen molar-refractivity contribution in [3.05, 3.63) is 60.0 Å². The lowest BCUT2D eigenvalue weighted by Crippen LogP contribution is -1.86. The van der Waals surface area contributed by atoms with Gasteiger partial charge in [-0.2, -0.15) is 8.78 Å². The van der Waals surface area contributed by atoms with Crippen LogP contribution in [0.25, 0.3) is 22.6 Å². The van der Waals surface area contributed by atoms with Crippen molar-refractivity contribution in [1.29, 1.82) is 0 Å². The minimum atomic E-state index is -2.76. The number of ether oxygens (including phenoxy) is 1. The average Bonchev–Trinajstić information content (AvgIpc) is 3.07. The number of rotatable bonds is 5. The van der Waals surface area contributed by atoms with Crippen molar-refractivity contribution in [1.82, 2.24) is 4.98 Å². The first kappa shape index (κ1) is 16.2. The van der Waals surface area contributed by atoms with E-state index in [-0.39, 0.29) is 0 Å². The van der Waals surface area contributed by atoms with Gasteiger partial charge in [-0.15, -0.1) is 0 Å². The zero-order valence-electron chi connectivity index (χ0n) is 13.4. The Labute approximate surface area is 138 Å². The van der Waals surface area contributed by atoms with Crippen LogP contribution in [0.2, 0.25) is 0 Å². The van der Waals surface area contributed by atoms with Gasteiger partial charge in [0.1, 0.15) is 11.4 Å². The maximum atomic E-state index is 13.1. The summed E-state index contributed by atoms with van der Waals surface area (Å²) in [7, 11) is 1.57. The summed E-state index contributed by atoms with van der Waals surface area (Å²) in [6, 6.07) is 14.7. The average molecular weight is 329 g/mol. The smallest absolute Gasteiger partial charge is 0.313 e. The topological polar surface area (TPSA) is 35.3 Å². The van der Waals surface area contributed by atoms with Gasteiger partial charge in [-0.3, -0.25) is 0 Å². The first-order chi connectivity index (χ1) is 11.6. The summed E-state index contributed by atoms with van der Waals surface area (Å²) in [6.07, 6.45) is -1.85. The van der Waals surface area contributed by atoms with Gasteiger partial charge in [-0.25, -0.2) is 4.98 Å². The molecule has 0 amide bonds. The van der Waals surface area contributed by atoms with Gasteiger partial charge in [0.05, 0.1) is 7.11 Å². The fourth-order valence-corrected chi connectivity index (χ4v) is 2.46. The molecule has 0 fully saturated rings. The Kier molecular flexibility index (Phi) is 4.60. The van der Waals surface area contributed by atoms with Crippen LogP contribution in [0, 0.1) is 0 Å². The van der Waals surface area contributed by atoms with Crippen LogP contribution < -0.4 is 4.74 Å². The maximum Gasteiger partial charge on any atom is 0.313 e. The maximum absolute atomic E-state index is 13.1. The second-order valence-corrected chi connectivity index (χ2v) is 5.31. The SMILES string of the molecule is CCc1ccc(-c2oc(C(F)F)nc2-c2ccc(OC)cc2)cc1. The molecule has 1 heterocycles. The summed E-state index contributed by atoms with van der Waals surface area (Å²) in [5, 5.41) is 0. The van der Waals surface area contributed by atoms with Crippen molar-refractivity contribution >= 4 is 0 Å². The number of nitrogens with zero attached hydrogens (tertiary/aromatic N) is 1. The molecule has 5 heteroatoms. The standard InChI is InChI=1S/C19H17F2NO2/c1-3-12-4-6-14(7-5-12)17-16(22-19(24-17)18(20)21)13-8-10-15(23-2)11-9-13/h4-11,18H,3H2,1-2H3. The summed E-state index contributed by atoms with van der Waals surface area (Å²) >= 11 is 0. The van der Waals surface area contributed by atoms with Gasteiger partial charge in [-0.1, -0.05) is 31.2 Å². The van der Waals surface area contributed by atoms with Crippen molar-refractivity contribution < 1.29 is 17.9 Å². The van der Waals surface area contributed by atoms with E-state index in [1.165, 1.54) is 5.56 Å². The molecule has 1 aromatic heterocycles. The van der Waals surface area contributed by atoms with E-state index in [2.05, 4.69) is 11.9 Å². The van der Waals surface area contributed by atoms with Crippen molar-refractivity contribution in [2.24, 2.45) is 0 Å². The molecule has 2 aromatic carbocycles. The molecule has 3 rings (SSSR count). The summed E-state index contributed by atoms with van der Waals surface area (Å²) in [5.41, 5.74) is 2.98. The van der Waals surface area contributed by atoms with Crippen molar-refractivity contribution in [3.8, 4) is 28.3 Å². The largest absolute Gasteiger partial charge is 0.497 e. The number of hydrogen-bond donors (Lipinski definition) is 0. The Hall–Kier alpha value is -2.69. The van der Waals surface area contributed by atoms with Crippen LogP contribution >= 0.6 is 0 Å². The fourth-order valence-electron chi connectivity index (χ4n) is 2.46. The monoisotopic (exact) mass is 329 g/mol. The zero-order valence-corrected chi connectivity index (χ0v) is 13.4.